The Labute approximate surface area is 442 Å². The zero-order valence-electron chi connectivity index (χ0n) is 41.9. The summed E-state index contributed by atoms with van der Waals surface area (Å²) >= 11 is 3.37. The Hall–Kier alpha value is -7.52. The second-order valence-corrected chi connectivity index (χ2v) is 20.9. The Morgan fingerprint density at radius 3 is 1.45 bits per heavy atom. The lowest BCUT2D eigenvalue weighted by molar-refractivity contribution is 0.313. The Bertz CT molecular complexity index is 3580. The van der Waals surface area contributed by atoms with Gasteiger partial charge in [0.15, 0.2) is 0 Å². The zero-order valence-corrected chi connectivity index (χ0v) is 43.5. The van der Waals surface area contributed by atoms with E-state index in [2.05, 4.69) is 105 Å². The molecule has 6 heterocycles. The highest BCUT2D eigenvalue weighted by atomic mass is 79.9. The fourth-order valence-electron chi connectivity index (χ4n) is 10.1. The SMILES string of the molecule is C#Cc1cc2cnc(Nc3ccc(N4CCN(C)CC4)cc3)nc2n(Cc2c(F)cccc2C2CC2)c1=O.CN1CCN(c2ccc(Nc3ncc4cc(Br)c(=O)n(Cc5c(F)cccc5C5CC5)c4n3)cc2)CC1. The number of piperazine rings is 2. The molecule has 17 heteroatoms. The summed E-state index contributed by atoms with van der Waals surface area (Å²) in [6.07, 6.45) is 13.1. The number of benzene rings is 4. The molecule has 4 aliphatic rings. The molecule has 4 aromatic carbocycles. The summed E-state index contributed by atoms with van der Waals surface area (Å²) in [6.45, 7) is 8.38. The van der Waals surface area contributed by atoms with Gasteiger partial charge in [0.1, 0.15) is 22.9 Å². The number of nitrogens with zero attached hydrogens (tertiary/aromatic N) is 10. The van der Waals surface area contributed by atoms with Gasteiger partial charge in [-0.25, -0.2) is 18.7 Å². The molecule has 2 aliphatic heterocycles. The van der Waals surface area contributed by atoms with Gasteiger partial charge in [-0.3, -0.25) is 18.7 Å². The molecule has 8 aromatic rings. The van der Waals surface area contributed by atoms with Gasteiger partial charge in [-0.05, 0) is 151 Å². The molecule has 14 nitrogen and oxygen atoms in total. The van der Waals surface area contributed by atoms with Crippen molar-refractivity contribution in [2.45, 2.75) is 50.6 Å². The Morgan fingerprint density at radius 2 is 1.03 bits per heavy atom. The third-order valence-electron chi connectivity index (χ3n) is 14.7. The molecular weight excluding hydrogens is 1010 g/mol. The molecule has 75 heavy (non-hydrogen) atoms. The second-order valence-electron chi connectivity index (χ2n) is 20.0. The van der Waals surface area contributed by atoms with E-state index in [0.717, 1.165) is 101 Å². The molecule has 4 aromatic heterocycles. The maximum atomic E-state index is 15.0. The summed E-state index contributed by atoms with van der Waals surface area (Å²) in [7, 11) is 4.29. The highest BCUT2D eigenvalue weighted by Gasteiger charge is 2.29. The van der Waals surface area contributed by atoms with E-state index in [1.165, 1.54) is 32.6 Å². The van der Waals surface area contributed by atoms with Crippen LogP contribution in [0.1, 0.15) is 65.3 Å². The first-order chi connectivity index (χ1) is 36.5. The summed E-state index contributed by atoms with van der Waals surface area (Å²) < 4.78 is 33.3. The molecule has 0 radical (unpaired) electrons. The molecule has 2 saturated heterocycles. The van der Waals surface area contributed by atoms with Gasteiger partial charge in [0.2, 0.25) is 11.9 Å². The maximum Gasteiger partial charge on any atom is 0.268 e. The summed E-state index contributed by atoms with van der Waals surface area (Å²) in [5, 5.41) is 7.83. The molecule has 4 fully saturated rings. The van der Waals surface area contributed by atoms with Crippen LogP contribution in [0.15, 0.2) is 124 Å². The van der Waals surface area contributed by atoms with Crippen LogP contribution in [0.25, 0.3) is 22.1 Å². The standard InChI is InChI=1S/C30H29FN6O.C28H28BrFN6O/c1-3-20-17-22-18-32-30(33-23-9-11-24(12-10-23)36-15-13-35(2)14-16-36)34-28(22)37(29(20)38)19-26-25(21-7-8-21)5-4-6-27(26)31;1-34-11-13-35(14-12-34)21-9-7-20(8-10-21)32-28-31-16-19-15-24(29)27(37)36(26(19)33-28)17-23-22(18-5-6-18)3-2-4-25(23)30/h1,4-6,9-12,17-18,21H,7-8,13-16,19H2,2H3,(H,32,33,34);2-4,7-10,15-16,18H,5-6,11-14,17H2,1H3,(H,31,32,33). The quantitative estimate of drug-likeness (QED) is 0.113. The van der Waals surface area contributed by atoms with Crippen LogP contribution >= 0.6 is 15.9 Å². The van der Waals surface area contributed by atoms with Crippen LogP contribution in [0.2, 0.25) is 0 Å². The van der Waals surface area contributed by atoms with Crippen molar-refractivity contribution >= 4 is 72.6 Å². The van der Waals surface area contributed by atoms with Gasteiger partial charge in [0.25, 0.3) is 11.1 Å². The molecule has 2 saturated carbocycles. The van der Waals surface area contributed by atoms with Crippen molar-refractivity contribution in [3.8, 4) is 12.3 Å². The van der Waals surface area contributed by atoms with Gasteiger partial charge in [-0.1, -0.05) is 30.2 Å². The zero-order chi connectivity index (χ0) is 51.7. The molecule has 2 aliphatic carbocycles. The van der Waals surface area contributed by atoms with Gasteiger partial charge in [0, 0.05) is 109 Å². The number of hydrogen-bond donors (Lipinski definition) is 2. The number of likely N-dealkylation sites (N-methyl/N-ethyl adjacent to an activating group) is 2. The van der Waals surface area contributed by atoms with Crippen LogP contribution in [0.5, 0.6) is 0 Å². The van der Waals surface area contributed by atoms with E-state index in [9.17, 15) is 18.4 Å². The summed E-state index contributed by atoms with van der Waals surface area (Å²) in [4.78, 5) is 54.2. The van der Waals surface area contributed by atoms with Crippen LogP contribution < -0.4 is 31.6 Å². The van der Waals surface area contributed by atoms with Crippen molar-refractivity contribution in [3.63, 3.8) is 0 Å². The van der Waals surface area contributed by atoms with Gasteiger partial charge < -0.3 is 30.2 Å². The first-order valence-corrected chi connectivity index (χ1v) is 26.3. The second kappa shape index (κ2) is 21.4. The molecule has 0 amide bonds. The number of rotatable bonds is 12. The topological polar surface area (TPSA) is 133 Å². The van der Waals surface area contributed by atoms with Crippen LogP contribution in [0, 0.1) is 24.0 Å². The van der Waals surface area contributed by atoms with Gasteiger partial charge >= 0.3 is 0 Å². The van der Waals surface area contributed by atoms with E-state index >= 15 is 0 Å². The van der Waals surface area contributed by atoms with Crippen LogP contribution in [0.4, 0.5) is 43.4 Å². The number of hydrogen-bond acceptors (Lipinski definition) is 12. The number of pyridine rings is 2. The van der Waals surface area contributed by atoms with Gasteiger partial charge in [0.05, 0.1) is 23.1 Å². The van der Waals surface area contributed by atoms with Crippen molar-refractivity contribution in [1.29, 1.82) is 0 Å². The van der Waals surface area contributed by atoms with Crippen molar-refractivity contribution in [2.75, 3.05) is 86.9 Å². The Balaban J connectivity index is 0.000000161. The fourth-order valence-corrected chi connectivity index (χ4v) is 10.5. The van der Waals surface area contributed by atoms with Crippen molar-refractivity contribution in [2.24, 2.45) is 0 Å². The van der Waals surface area contributed by atoms with E-state index in [1.54, 1.807) is 36.7 Å². The number of fused-ring (bicyclic) bond motifs is 2. The smallest absolute Gasteiger partial charge is 0.268 e. The molecule has 0 bridgehead atoms. The first kappa shape index (κ1) is 49.7. The minimum Gasteiger partial charge on any atom is -0.369 e. The minimum atomic E-state index is -0.369. The van der Waals surface area contributed by atoms with Crippen molar-refractivity contribution in [3.05, 3.63) is 174 Å². The normalized spacial score (nSPS) is 16.2. The molecular formula is C58H57BrF2N12O2. The maximum absolute atomic E-state index is 15.0. The molecule has 0 spiro atoms. The Morgan fingerprint density at radius 1 is 0.600 bits per heavy atom. The lowest BCUT2D eigenvalue weighted by atomic mass is 10.0. The summed E-state index contributed by atoms with van der Waals surface area (Å²) in [6, 6.07) is 30.0. The fraction of sp³-hybridized carbons (Fsp3) is 0.310. The van der Waals surface area contributed by atoms with Crippen LogP contribution in [-0.2, 0) is 13.1 Å². The number of aromatic nitrogens is 6. The molecule has 0 unspecified atom stereocenters. The average molecular weight is 1070 g/mol. The third-order valence-corrected chi connectivity index (χ3v) is 15.3. The third kappa shape index (κ3) is 11.0. The number of anilines is 6. The highest BCUT2D eigenvalue weighted by molar-refractivity contribution is 9.10. The van der Waals surface area contributed by atoms with Crippen molar-refractivity contribution < 1.29 is 8.78 Å². The monoisotopic (exact) mass is 1070 g/mol. The van der Waals surface area contributed by atoms with Gasteiger partial charge in [-0.15, -0.1) is 6.42 Å². The molecule has 0 atom stereocenters. The first-order valence-electron chi connectivity index (χ1n) is 25.6. The van der Waals surface area contributed by atoms with E-state index in [-0.39, 0.29) is 41.4 Å². The van der Waals surface area contributed by atoms with E-state index in [4.69, 9.17) is 11.4 Å². The largest absolute Gasteiger partial charge is 0.369 e. The molecule has 2 N–H and O–H groups in total. The average Bonchev–Trinajstić information content (AvgIpc) is 4.37. The lowest BCUT2D eigenvalue weighted by Gasteiger charge is -2.34. The van der Waals surface area contributed by atoms with E-state index in [0.29, 0.717) is 61.4 Å². The lowest BCUT2D eigenvalue weighted by Crippen LogP contribution is -2.44. The van der Waals surface area contributed by atoms with Gasteiger partial charge in [-0.2, -0.15) is 9.97 Å². The number of terminal acetylenes is 1. The number of halogens is 3. The molecule has 12 rings (SSSR count). The minimum absolute atomic E-state index is 0.0551. The predicted octanol–water partition coefficient (Wildman–Crippen LogP) is 9.45. The summed E-state index contributed by atoms with van der Waals surface area (Å²) in [5.41, 5.74) is 7.50. The van der Waals surface area contributed by atoms with Crippen molar-refractivity contribution in [1.82, 2.24) is 38.9 Å². The van der Waals surface area contributed by atoms with E-state index in [1.807, 2.05) is 36.4 Å². The molecule has 382 valence electrons. The highest BCUT2D eigenvalue weighted by Crippen LogP contribution is 2.43. The number of nitrogens with one attached hydrogen (secondary N) is 2. The predicted molar refractivity (Wildman–Crippen MR) is 297 cm³/mol. The Kier molecular flexibility index (Phi) is 14.2. The van der Waals surface area contributed by atoms with E-state index < -0.39 is 0 Å². The van der Waals surface area contributed by atoms with Crippen LogP contribution in [0.3, 0.4) is 0 Å². The van der Waals surface area contributed by atoms with Crippen LogP contribution in [-0.4, -0.2) is 105 Å². The summed E-state index contributed by atoms with van der Waals surface area (Å²) in [5.74, 6) is 3.27.